The number of halogens is 4. The van der Waals surface area contributed by atoms with Crippen molar-refractivity contribution in [1.82, 2.24) is 25.4 Å². The molecule has 1 aliphatic heterocycles. The molecular weight excluding hydrogens is 602 g/mol. The van der Waals surface area contributed by atoms with Crippen molar-refractivity contribution in [1.29, 1.82) is 0 Å². The summed E-state index contributed by atoms with van der Waals surface area (Å²) in [5.74, 6) is -0.563. The molecule has 1 atom stereocenters. The van der Waals surface area contributed by atoms with Crippen LogP contribution in [0, 0.1) is 5.95 Å². The third kappa shape index (κ3) is 7.45. The predicted molar refractivity (Wildman–Crippen MR) is 165 cm³/mol. The summed E-state index contributed by atoms with van der Waals surface area (Å²) in [6, 6.07) is 16.3. The third-order valence-corrected chi connectivity index (χ3v) is 8.31. The molecule has 0 bridgehead atoms. The zero-order chi connectivity index (χ0) is 32.3. The number of ether oxygens (including phenoxy) is 1. The fourth-order valence-electron chi connectivity index (χ4n) is 5.66. The highest BCUT2D eigenvalue weighted by molar-refractivity contribution is 6.00. The van der Waals surface area contributed by atoms with Gasteiger partial charge in [-0.15, -0.1) is 5.10 Å². The van der Waals surface area contributed by atoms with E-state index in [1.165, 1.54) is 18.3 Å². The minimum atomic E-state index is -4.51. The molecule has 240 valence electrons. The summed E-state index contributed by atoms with van der Waals surface area (Å²) in [4.78, 5) is 18.3. The fraction of sp³-hybridized carbons (Fsp3) is 0.324. The monoisotopic (exact) mass is 635 g/mol. The molecule has 2 aromatic heterocycles. The summed E-state index contributed by atoms with van der Waals surface area (Å²) in [7, 11) is 0. The third-order valence-electron chi connectivity index (χ3n) is 8.31. The Labute approximate surface area is 262 Å². The van der Waals surface area contributed by atoms with Crippen molar-refractivity contribution in [3.63, 3.8) is 0 Å². The van der Waals surface area contributed by atoms with Gasteiger partial charge in [0.1, 0.15) is 6.61 Å². The number of carbonyl (C=O) groups is 1. The van der Waals surface area contributed by atoms with E-state index in [1.807, 2.05) is 0 Å². The second kappa shape index (κ2) is 13.1. The minimum absolute atomic E-state index is 0.0281. The summed E-state index contributed by atoms with van der Waals surface area (Å²) >= 11 is 0. The van der Waals surface area contributed by atoms with Gasteiger partial charge in [0.25, 0.3) is 0 Å². The number of allylic oxidation sites excluding steroid dienone is 1. The molecule has 0 unspecified atom stereocenters. The van der Waals surface area contributed by atoms with Gasteiger partial charge in [-0.3, -0.25) is 9.89 Å². The van der Waals surface area contributed by atoms with Gasteiger partial charge in [-0.1, -0.05) is 42.5 Å². The molecule has 3 N–H and O–H groups in total. The first-order valence-electron chi connectivity index (χ1n) is 15.1. The molecule has 2 aromatic carbocycles. The number of aromatic nitrogens is 3. The zero-order valence-electron chi connectivity index (χ0n) is 24.9. The molecule has 1 saturated carbocycles. The average molecular weight is 636 g/mol. The lowest BCUT2D eigenvalue weighted by Gasteiger charge is -2.19. The Hall–Kier alpha value is -4.55. The number of benzene rings is 2. The standard InChI is InChI=1S/C34H33F4N5O3/c35-32-26-17-23(8-10-28(26)41-42-32)31(27(18-34(36,37)38)22-5-2-1-3-6-22)24-9-11-29(39-19-24)46-21-33(13-14-33)40-15-4-7-30(45)43-16-12-25(44)20-43/h1-11,17,19,25,40,44H,12-16,18,20-21H2,(H,41,42)/b7-4+,31-27-/t25-/m0/s1. The number of H-pyrrole nitrogens is 1. The van der Waals surface area contributed by atoms with Gasteiger partial charge in [0, 0.05) is 43.5 Å². The Kier molecular flexibility index (Phi) is 8.92. The van der Waals surface area contributed by atoms with Crippen LogP contribution in [0.4, 0.5) is 17.6 Å². The number of β-amino-alcohol motifs (C(OH)–C–C–N with tert-alkyl or cyclic N) is 1. The largest absolute Gasteiger partial charge is 0.476 e. The van der Waals surface area contributed by atoms with Crippen molar-refractivity contribution in [2.75, 3.05) is 26.2 Å². The highest BCUT2D eigenvalue weighted by Crippen LogP contribution is 2.40. The number of aliphatic hydroxyl groups excluding tert-OH is 1. The molecule has 2 fully saturated rings. The normalized spacial score (nSPS) is 18.3. The van der Waals surface area contributed by atoms with Crippen molar-refractivity contribution in [2.24, 2.45) is 0 Å². The minimum Gasteiger partial charge on any atom is -0.476 e. The second-order valence-corrected chi connectivity index (χ2v) is 11.8. The highest BCUT2D eigenvalue weighted by Gasteiger charge is 2.43. The Morgan fingerprint density at radius 2 is 1.89 bits per heavy atom. The maximum atomic E-state index is 14.4. The van der Waals surface area contributed by atoms with E-state index in [4.69, 9.17) is 4.74 Å². The number of rotatable bonds is 11. The highest BCUT2D eigenvalue weighted by atomic mass is 19.4. The van der Waals surface area contributed by atoms with Crippen LogP contribution in [0.1, 0.15) is 42.4 Å². The molecule has 2 aliphatic rings. The lowest BCUT2D eigenvalue weighted by atomic mass is 9.88. The van der Waals surface area contributed by atoms with Crippen molar-refractivity contribution in [2.45, 2.75) is 43.5 Å². The first-order valence-corrected chi connectivity index (χ1v) is 15.1. The van der Waals surface area contributed by atoms with Gasteiger partial charge in [-0.2, -0.15) is 17.6 Å². The average Bonchev–Trinajstić information content (AvgIpc) is 3.52. The Balaban J connectivity index is 1.21. The molecule has 1 aliphatic carbocycles. The smallest absolute Gasteiger partial charge is 0.393 e. The molecule has 1 saturated heterocycles. The zero-order valence-corrected chi connectivity index (χ0v) is 24.9. The maximum Gasteiger partial charge on any atom is 0.393 e. The van der Waals surface area contributed by atoms with Crippen molar-refractivity contribution in [3.05, 3.63) is 102 Å². The van der Waals surface area contributed by atoms with E-state index in [1.54, 1.807) is 65.6 Å². The van der Waals surface area contributed by atoms with Gasteiger partial charge in [0.15, 0.2) is 0 Å². The number of amides is 1. The van der Waals surface area contributed by atoms with Gasteiger partial charge in [0.2, 0.25) is 17.7 Å². The molecule has 0 radical (unpaired) electrons. The molecule has 1 amide bonds. The van der Waals surface area contributed by atoms with E-state index in [2.05, 4.69) is 20.5 Å². The topological polar surface area (TPSA) is 103 Å². The van der Waals surface area contributed by atoms with Crippen LogP contribution in [-0.4, -0.2) is 75.2 Å². The van der Waals surface area contributed by atoms with E-state index >= 15 is 0 Å². The van der Waals surface area contributed by atoms with Crippen LogP contribution >= 0.6 is 0 Å². The number of carbonyl (C=O) groups excluding carboxylic acids is 1. The summed E-state index contributed by atoms with van der Waals surface area (Å²) in [5.41, 5.74) is 1.66. The van der Waals surface area contributed by atoms with Gasteiger partial charge in [-0.25, -0.2) is 4.98 Å². The number of likely N-dealkylation sites (tertiary alicyclic amines) is 1. The van der Waals surface area contributed by atoms with E-state index in [0.29, 0.717) is 60.7 Å². The van der Waals surface area contributed by atoms with Gasteiger partial charge >= 0.3 is 6.18 Å². The maximum absolute atomic E-state index is 14.4. The van der Waals surface area contributed by atoms with Crippen LogP contribution in [0.2, 0.25) is 0 Å². The summed E-state index contributed by atoms with van der Waals surface area (Å²) in [6.07, 6.45) is 0.902. The van der Waals surface area contributed by atoms with Crippen molar-refractivity contribution in [3.8, 4) is 5.88 Å². The summed E-state index contributed by atoms with van der Waals surface area (Å²) < 4.78 is 62.4. The Bertz CT molecular complexity index is 1750. The van der Waals surface area contributed by atoms with Crippen LogP contribution in [-0.2, 0) is 4.79 Å². The predicted octanol–water partition coefficient (Wildman–Crippen LogP) is 5.66. The number of fused-ring (bicyclic) bond motifs is 1. The number of nitrogens with zero attached hydrogens (tertiary/aromatic N) is 3. The number of nitrogens with one attached hydrogen (secondary N) is 2. The molecule has 3 heterocycles. The molecule has 0 spiro atoms. The van der Waals surface area contributed by atoms with E-state index < -0.39 is 24.6 Å². The number of pyridine rings is 1. The first-order chi connectivity index (χ1) is 22.1. The van der Waals surface area contributed by atoms with Crippen LogP contribution in [0.3, 0.4) is 0 Å². The molecule has 6 rings (SSSR count). The van der Waals surface area contributed by atoms with Gasteiger partial charge in [-0.05, 0) is 59.7 Å². The van der Waals surface area contributed by atoms with E-state index in [-0.39, 0.29) is 28.0 Å². The first kappa shape index (κ1) is 31.4. The van der Waals surface area contributed by atoms with Crippen molar-refractivity contribution >= 4 is 28.0 Å². The number of hydrogen-bond donors (Lipinski definition) is 3. The summed E-state index contributed by atoms with van der Waals surface area (Å²) in [6.45, 7) is 1.69. The van der Waals surface area contributed by atoms with Gasteiger partial charge < -0.3 is 20.1 Å². The molecule has 4 aromatic rings. The van der Waals surface area contributed by atoms with Crippen LogP contribution in [0.5, 0.6) is 5.88 Å². The number of alkyl halides is 3. The molecular formula is C34H33F4N5O3. The van der Waals surface area contributed by atoms with Crippen LogP contribution < -0.4 is 10.1 Å². The van der Waals surface area contributed by atoms with E-state index in [0.717, 1.165) is 12.8 Å². The fourth-order valence-corrected chi connectivity index (χ4v) is 5.66. The van der Waals surface area contributed by atoms with Crippen molar-refractivity contribution < 1.29 is 32.2 Å². The molecule has 8 nitrogen and oxygen atoms in total. The second-order valence-electron chi connectivity index (χ2n) is 11.8. The Morgan fingerprint density at radius 1 is 1.11 bits per heavy atom. The Morgan fingerprint density at radius 3 is 2.57 bits per heavy atom. The lowest BCUT2D eigenvalue weighted by Crippen LogP contribution is -2.37. The summed E-state index contributed by atoms with van der Waals surface area (Å²) in [5, 5.41) is 19.4. The SMILES string of the molecule is O=C(/C=C/CNC1(COc2ccc(/C(=C(/CC(F)(F)F)c3ccccc3)c3ccc4[nH]nc(F)c4c3)cn2)CC1)N1CC[C@H](O)C1. The molecule has 12 heteroatoms. The van der Waals surface area contributed by atoms with Crippen LogP contribution in [0.15, 0.2) is 79.0 Å². The van der Waals surface area contributed by atoms with Gasteiger partial charge in [0.05, 0.1) is 29.0 Å². The lowest BCUT2D eigenvalue weighted by molar-refractivity contribution is -0.125. The molecule has 46 heavy (non-hydrogen) atoms. The number of hydrogen-bond acceptors (Lipinski definition) is 6. The van der Waals surface area contributed by atoms with E-state index in [9.17, 15) is 27.5 Å². The number of aliphatic hydroxyl groups is 1. The quantitative estimate of drug-likeness (QED) is 0.112. The van der Waals surface area contributed by atoms with Crippen LogP contribution in [0.25, 0.3) is 22.0 Å². The number of aromatic amines is 1.